The van der Waals surface area contributed by atoms with Crippen molar-refractivity contribution in [3.05, 3.63) is 29.0 Å². The summed E-state index contributed by atoms with van der Waals surface area (Å²) in [6, 6.07) is 3.81. The van der Waals surface area contributed by atoms with Crippen LogP contribution in [0.5, 0.6) is 5.75 Å². The highest BCUT2D eigenvalue weighted by Crippen LogP contribution is 2.20. The molecule has 0 bridgehead atoms. The summed E-state index contributed by atoms with van der Waals surface area (Å²) in [5.41, 5.74) is 0. The van der Waals surface area contributed by atoms with Crippen LogP contribution in [0.15, 0.2) is 18.2 Å². The Kier molecular flexibility index (Phi) is 4.17. The van der Waals surface area contributed by atoms with Crippen LogP contribution in [0.3, 0.4) is 0 Å². The SMILES string of the molecule is O=C(O)C(Cl)COc1ccc(Cl)c(F)c1. The number of rotatable bonds is 4. The molecule has 0 aromatic heterocycles. The lowest BCUT2D eigenvalue weighted by molar-refractivity contribution is -0.137. The van der Waals surface area contributed by atoms with E-state index in [9.17, 15) is 9.18 Å². The van der Waals surface area contributed by atoms with Gasteiger partial charge >= 0.3 is 5.97 Å². The molecule has 0 spiro atoms. The summed E-state index contributed by atoms with van der Waals surface area (Å²) in [6.07, 6.45) is 0. The lowest BCUT2D eigenvalue weighted by Crippen LogP contribution is -2.21. The standard InChI is InChI=1S/C9H7Cl2FO3/c10-6-2-1-5(3-8(6)12)15-4-7(11)9(13)14/h1-3,7H,4H2,(H,13,14). The van der Waals surface area contributed by atoms with Gasteiger partial charge in [0.15, 0.2) is 5.38 Å². The van der Waals surface area contributed by atoms with Crippen molar-refractivity contribution in [1.82, 2.24) is 0 Å². The Hall–Kier alpha value is -1.00. The van der Waals surface area contributed by atoms with E-state index < -0.39 is 17.2 Å². The topological polar surface area (TPSA) is 46.5 Å². The molecule has 0 saturated heterocycles. The summed E-state index contributed by atoms with van der Waals surface area (Å²) in [5, 5.41) is 7.26. The summed E-state index contributed by atoms with van der Waals surface area (Å²) in [7, 11) is 0. The minimum absolute atomic E-state index is 0.0250. The van der Waals surface area contributed by atoms with Crippen molar-refractivity contribution in [2.75, 3.05) is 6.61 Å². The van der Waals surface area contributed by atoms with Crippen molar-refractivity contribution in [2.24, 2.45) is 0 Å². The van der Waals surface area contributed by atoms with Gasteiger partial charge in [0.25, 0.3) is 0 Å². The molecule has 0 fully saturated rings. The van der Waals surface area contributed by atoms with Gasteiger partial charge in [0.2, 0.25) is 0 Å². The van der Waals surface area contributed by atoms with Gasteiger partial charge in [0.05, 0.1) is 5.02 Å². The highest BCUT2D eigenvalue weighted by molar-refractivity contribution is 6.30. The molecule has 15 heavy (non-hydrogen) atoms. The van der Waals surface area contributed by atoms with Crippen molar-refractivity contribution in [3.8, 4) is 5.75 Å². The average Bonchev–Trinajstić information content (AvgIpc) is 2.19. The normalized spacial score (nSPS) is 12.2. The lowest BCUT2D eigenvalue weighted by Gasteiger charge is -2.08. The van der Waals surface area contributed by atoms with E-state index in [0.717, 1.165) is 6.07 Å². The zero-order valence-corrected chi connectivity index (χ0v) is 8.93. The van der Waals surface area contributed by atoms with E-state index in [4.69, 9.17) is 33.0 Å². The van der Waals surface area contributed by atoms with E-state index in [1.807, 2.05) is 0 Å². The number of halogens is 3. The van der Waals surface area contributed by atoms with Gasteiger partial charge in [-0.2, -0.15) is 0 Å². The molecule has 1 rings (SSSR count). The first-order valence-electron chi connectivity index (χ1n) is 3.95. The Labute approximate surface area is 95.4 Å². The second-order valence-corrected chi connectivity index (χ2v) is 3.63. The van der Waals surface area contributed by atoms with Gasteiger partial charge in [-0.05, 0) is 12.1 Å². The summed E-state index contributed by atoms with van der Waals surface area (Å²) in [4.78, 5) is 10.3. The quantitative estimate of drug-likeness (QED) is 0.838. The van der Waals surface area contributed by atoms with Crippen molar-refractivity contribution in [1.29, 1.82) is 0 Å². The predicted octanol–water partition coefficient (Wildman–Crippen LogP) is 2.55. The molecule has 1 unspecified atom stereocenters. The van der Waals surface area contributed by atoms with Crippen LogP contribution >= 0.6 is 23.2 Å². The fourth-order valence-electron chi connectivity index (χ4n) is 0.807. The maximum absolute atomic E-state index is 12.9. The maximum Gasteiger partial charge on any atom is 0.325 e. The van der Waals surface area contributed by atoms with Gasteiger partial charge in [-0.1, -0.05) is 11.6 Å². The molecule has 0 aliphatic heterocycles. The summed E-state index contributed by atoms with van der Waals surface area (Å²) in [6.45, 7) is -0.238. The molecule has 1 aromatic carbocycles. The molecule has 82 valence electrons. The van der Waals surface area contributed by atoms with Crippen molar-refractivity contribution < 1.29 is 19.0 Å². The summed E-state index contributed by atoms with van der Waals surface area (Å²) in [5.74, 6) is -1.63. The number of carbonyl (C=O) groups is 1. The Morgan fingerprint density at radius 3 is 2.80 bits per heavy atom. The van der Waals surface area contributed by atoms with Crippen LogP contribution in [-0.4, -0.2) is 23.1 Å². The molecule has 1 N–H and O–H groups in total. The number of alkyl halides is 1. The molecule has 0 aliphatic rings. The predicted molar refractivity (Wildman–Crippen MR) is 54.2 cm³/mol. The van der Waals surface area contributed by atoms with E-state index >= 15 is 0 Å². The van der Waals surface area contributed by atoms with Crippen LogP contribution in [0.1, 0.15) is 0 Å². The van der Waals surface area contributed by atoms with Crippen LogP contribution in [0.25, 0.3) is 0 Å². The fourth-order valence-corrected chi connectivity index (χ4v) is 0.988. The molecule has 0 amide bonds. The van der Waals surface area contributed by atoms with Crippen LogP contribution in [0.2, 0.25) is 5.02 Å². The van der Waals surface area contributed by atoms with Crippen LogP contribution in [0, 0.1) is 5.82 Å². The van der Waals surface area contributed by atoms with Gasteiger partial charge in [0.1, 0.15) is 18.2 Å². The van der Waals surface area contributed by atoms with E-state index in [0.29, 0.717) is 0 Å². The Balaban J connectivity index is 2.58. The highest BCUT2D eigenvalue weighted by Gasteiger charge is 2.14. The fraction of sp³-hybridized carbons (Fsp3) is 0.222. The first-order chi connectivity index (χ1) is 7.00. The van der Waals surface area contributed by atoms with E-state index in [2.05, 4.69) is 0 Å². The van der Waals surface area contributed by atoms with Gasteiger partial charge in [-0.15, -0.1) is 11.6 Å². The van der Waals surface area contributed by atoms with Crippen molar-refractivity contribution >= 4 is 29.2 Å². The maximum atomic E-state index is 12.9. The number of aliphatic carboxylic acids is 1. The van der Waals surface area contributed by atoms with Crippen LogP contribution < -0.4 is 4.74 Å². The molecule has 0 aliphatic carbocycles. The molecule has 1 aromatic rings. The van der Waals surface area contributed by atoms with E-state index in [1.54, 1.807) is 0 Å². The van der Waals surface area contributed by atoms with Gasteiger partial charge in [0, 0.05) is 6.07 Å². The Morgan fingerprint density at radius 1 is 1.60 bits per heavy atom. The molecule has 6 heteroatoms. The Bertz CT molecular complexity index is 370. The van der Waals surface area contributed by atoms with Crippen molar-refractivity contribution in [2.45, 2.75) is 5.38 Å². The number of carboxylic acid groups (broad SMARTS) is 1. The largest absolute Gasteiger partial charge is 0.491 e. The number of hydrogen-bond donors (Lipinski definition) is 1. The second-order valence-electron chi connectivity index (χ2n) is 2.69. The molecule has 3 nitrogen and oxygen atoms in total. The number of benzene rings is 1. The average molecular weight is 253 g/mol. The molecular weight excluding hydrogens is 246 g/mol. The zero-order chi connectivity index (χ0) is 11.4. The molecule has 0 heterocycles. The second kappa shape index (κ2) is 5.19. The minimum Gasteiger partial charge on any atom is -0.491 e. The number of hydrogen-bond acceptors (Lipinski definition) is 2. The van der Waals surface area contributed by atoms with E-state index in [1.165, 1.54) is 12.1 Å². The molecule has 0 radical (unpaired) electrons. The lowest BCUT2D eigenvalue weighted by atomic mass is 10.3. The summed E-state index contributed by atoms with van der Waals surface area (Å²) >= 11 is 10.8. The minimum atomic E-state index is -1.19. The monoisotopic (exact) mass is 252 g/mol. The van der Waals surface area contributed by atoms with Gasteiger partial charge < -0.3 is 9.84 Å². The van der Waals surface area contributed by atoms with Gasteiger partial charge in [-0.25, -0.2) is 4.39 Å². The first kappa shape index (κ1) is 12.1. The molecule has 1 atom stereocenters. The third-order valence-electron chi connectivity index (χ3n) is 1.56. The third kappa shape index (κ3) is 3.57. The smallest absolute Gasteiger partial charge is 0.325 e. The number of carboxylic acids is 1. The van der Waals surface area contributed by atoms with E-state index in [-0.39, 0.29) is 17.4 Å². The summed E-state index contributed by atoms with van der Waals surface area (Å²) < 4.78 is 17.9. The van der Waals surface area contributed by atoms with Gasteiger partial charge in [-0.3, -0.25) is 4.79 Å². The third-order valence-corrected chi connectivity index (χ3v) is 2.17. The molecule has 0 saturated carbocycles. The first-order valence-corrected chi connectivity index (χ1v) is 4.77. The molecular formula is C9H7Cl2FO3. The van der Waals surface area contributed by atoms with Crippen LogP contribution in [-0.2, 0) is 4.79 Å². The highest BCUT2D eigenvalue weighted by atomic mass is 35.5. The zero-order valence-electron chi connectivity index (χ0n) is 7.41. The number of ether oxygens (including phenoxy) is 1. The van der Waals surface area contributed by atoms with Crippen molar-refractivity contribution in [3.63, 3.8) is 0 Å². The van der Waals surface area contributed by atoms with Crippen LogP contribution in [0.4, 0.5) is 4.39 Å². The Morgan fingerprint density at radius 2 is 2.27 bits per heavy atom.